The molecule has 0 saturated carbocycles. The van der Waals surface area contributed by atoms with E-state index < -0.39 is 12.2 Å². The Morgan fingerprint density at radius 3 is 2.24 bits per heavy atom. The number of carbonyl (C=O) groups excluding carboxylic acids is 2. The Kier molecular flexibility index (Phi) is 11.0. The van der Waals surface area contributed by atoms with Crippen molar-refractivity contribution in [1.82, 2.24) is 10.4 Å². The number of aliphatic hydroxyl groups excluding tert-OH is 1. The van der Waals surface area contributed by atoms with Crippen LogP contribution in [0.2, 0.25) is 0 Å². The Labute approximate surface area is 263 Å². The van der Waals surface area contributed by atoms with Gasteiger partial charge in [0.2, 0.25) is 11.8 Å². The molecule has 11 nitrogen and oxygen atoms in total. The summed E-state index contributed by atoms with van der Waals surface area (Å²) in [6, 6.07) is 19.3. The number of fused-ring (bicyclic) bond motifs is 1. The van der Waals surface area contributed by atoms with Gasteiger partial charge in [0.05, 0.1) is 33.0 Å². The SMILES string of the molecule is COc1cc2c(cc1OC)CN(CC1CC(c3ccc(CO)cc3)OC(c3ccc(NC(=O)CCCC(=O)NO)cc3)O1)CC2. The monoisotopic (exact) mass is 619 g/mol. The van der Waals surface area contributed by atoms with Crippen molar-refractivity contribution in [1.29, 1.82) is 0 Å². The number of rotatable bonds is 12. The van der Waals surface area contributed by atoms with Crippen molar-refractivity contribution in [3.8, 4) is 11.5 Å². The molecular weight excluding hydrogens is 578 g/mol. The second kappa shape index (κ2) is 15.3. The van der Waals surface area contributed by atoms with Crippen LogP contribution < -0.4 is 20.3 Å². The third-order valence-corrected chi connectivity index (χ3v) is 8.27. The van der Waals surface area contributed by atoms with Crippen molar-refractivity contribution < 1.29 is 38.9 Å². The molecule has 0 radical (unpaired) electrons. The average Bonchev–Trinajstić information content (AvgIpc) is 3.07. The van der Waals surface area contributed by atoms with E-state index in [0.717, 1.165) is 54.2 Å². The zero-order chi connectivity index (χ0) is 31.8. The zero-order valence-corrected chi connectivity index (χ0v) is 25.7. The molecule has 4 N–H and O–H groups in total. The van der Waals surface area contributed by atoms with Crippen LogP contribution in [0.1, 0.15) is 65.9 Å². The first-order chi connectivity index (χ1) is 21.9. The van der Waals surface area contributed by atoms with Gasteiger partial charge in [-0.15, -0.1) is 0 Å². The number of amides is 2. The maximum atomic E-state index is 12.3. The molecule has 3 atom stereocenters. The summed E-state index contributed by atoms with van der Waals surface area (Å²) in [5.41, 5.74) is 7.36. The number of benzene rings is 3. The topological polar surface area (TPSA) is 139 Å². The Bertz CT molecular complexity index is 1450. The van der Waals surface area contributed by atoms with Crippen LogP contribution in [0.15, 0.2) is 60.7 Å². The molecule has 2 aliphatic heterocycles. The number of hydrogen-bond acceptors (Lipinski definition) is 9. The number of hydrogen-bond donors (Lipinski definition) is 4. The van der Waals surface area contributed by atoms with Crippen molar-refractivity contribution in [2.45, 2.75) is 63.8 Å². The van der Waals surface area contributed by atoms with Crippen molar-refractivity contribution in [3.05, 3.63) is 88.5 Å². The van der Waals surface area contributed by atoms with E-state index in [1.54, 1.807) is 31.8 Å². The van der Waals surface area contributed by atoms with Gasteiger partial charge in [-0.1, -0.05) is 36.4 Å². The normalized spacial score (nSPS) is 19.8. The molecule has 0 bridgehead atoms. The van der Waals surface area contributed by atoms with Crippen LogP contribution in [-0.2, 0) is 38.6 Å². The molecular formula is C34H41N3O8. The molecule has 0 spiro atoms. The van der Waals surface area contributed by atoms with E-state index >= 15 is 0 Å². The lowest BCUT2D eigenvalue weighted by molar-refractivity contribution is -0.253. The molecule has 2 aliphatic rings. The average molecular weight is 620 g/mol. The van der Waals surface area contributed by atoms with E-state index in [0.29, 0.717) is 18.5 Å². The van der Waals surface area contributed by atoms with Crippen molar-refractivity contribution in [3.63, 3.8) is 0 Å². The van der Waals surface area contributed by atoms with Gasteiger partial charge in [0.25, 0.3) is 0 Å². The largest absolute Gasteiger partial charge is 0.493 e. The molecule has 1 saturated heterocycles. The molecule has 1 fully saturated rings. The molecule has 11 heteroatoms. The van der Waals surface area contributed by atoms with Crippen molar-refractivity contribution in [2.75, 3.05) is 32.6 Å². The first-order valence-electron chi connectivity index (χ1n) is 15.2. The fraction of sp³-hybridized carbons (Fsp3) is 0.412. The number of ether oxygens (including phenoxy) is 4. The Morgan fingerprint density at radius 2 is 1.58 bits per heavy atom. The standard InChI is InChI=1S/C34H41N3O8/c1-42-30-16-25-14-15-37(19-26(25)17-31(30)43-2)20-28-18-29(23-8-6-22(21-38)7-9-23)45-34(44-28)24-10-12-27(13-11-24)35-32(39)4-3-5-33(40)36-41/h6-13,16-17,28-29,34,38,41H,3-5,14-15,18-21H2,1-2H3,(H,35,39)(H,36,40). The molecule has 5 rings (SSSR count). The summed E-state index contributed by atoms with van der Waals surface area (Å²) in [6.07, 6.45) is 1.19. The number of carbonyl (C=O) groups is 2. The minimum atomic E-state index is -0.616. The summed E-state index contributed by atoms with van der Waals surface area (Å²) < 4.78 is 24.1. The van der Waals surface area contributed by atoms with Crippen LogP contribution in [0.5, 0.6) is 11.5 Å². The molecule has 3 aromatic carbocycles. The van der Waals surface area contributed by atoms with Gasteiger partial charge in [0.15, 0.2) is 17.8 Å². The van der Waals surface area contributed by atoms with Crippen LogP contribution in [0.25, 0.3) is 0 Å². The number of nitrogens with zero attached hydrogens (tertiary/aromatic N) is 1. The van der Waals surface area contributed by atoms with Crippen LogP contribution in [0, 0.1) is 0 Å². The summed E-state index contributed by atoms with van der Waals surface area (Å²) >= 11 is 0. The fourth-order valence-electron chi connectivity index (χ4n) is 5.83. The minimum Gasteiger partial charge on any atom is -0.493 e. The highest BCUT2D eigenvalue weighted by Gasteiger charge is 2.34. The van der Waals surface area contributed by atoms with Crippen LogP contribution in [-0.4, -0.2) is 60.4 Å². The minimum absolute atomic E-state index is 0.0197. The van der Waals surface area contributed by atoms with Gasteiger partial charge in [-0.25, -0.2) is 5.48 Å². The highest BCUT2D eigenvalue weighted by molar-refractivity contribution is 5.91. The van der Waals surface area contributed by atoms with Crippen LogP contribution in [0.4, 0.5) is 5.69 Å². The maximum absolute atomic E-state index is 12.3. The number of aliphatic hydroxyl groups is 1. The first kappa shape index (κ1) is 32.4. The van der Waals surface area contributed by atoms with Gasteiger partial charge in [-0.2, -0.15) is 0 Å². The Balaban J connectivity index is 1.28. The number of nitrogens with one attached hydrogen (secondary N) is 2. The first-order valence-corrected chi connectivity index (χ1v) is 15.2. The number of methoxy groups -OCH3 is 2. The molecule has 3 unspecified atom stereocenters. The lowest BCUT2D eigenvalue weighted by Crippen LogP contribution is -2.41. The predicted molar refractivity (Wildman–Crippen MR) is 166 cm³/mol. The Hall–Kier alpha value is -4.00. The summed E-state index contributed by atoms with van der Waals surface area (Å²) in [5, 5.41) is 21.0. The molecule has 240 valence electrons. The van der Waals surface area contributed by atoms with Crippen LogP contribution >= 0.6 is 0 Å². The van der Waals surface area contributed by atoms with Gasteiger partial charge in [0.1, 0.15) is 0 Å². The lowest BCUT2D eigenvalue weighted by atomic mass is 9.97. The van der Waals surface area contributed by atoms with E-state index in [9.17, 15) is 14.7 Å². The van der Waals surface area contributed by atoms with E-state index in [1.807, 2.05) is 36.4 Å². The third-order valence-electron chi connectivity index (χ3n) is 8.27. The van der Waals surface area contributed by atoms with E-state index in [1.165, 1.54) is 11.1 Å². The van der Waals surface area contributed by atoms with Crippen LogP contribution in [0.3, 0.4) is 0 Å². The van der Waals surface area contributed by atoms with Crippen molar-refractivity contribution in [2.24, 2.45) is 0 Å². The Morgan fingerprint density at radius 1 is 0.911 bits per heavy atom. The van der Waals surface area contributed by atoms with Crippen molar-refractivity contribution >= 4 is 17.5 Å². The summed E-state index contributed by atoms with van der Waals surface area (Å²) in [4.78, 5) is 25.9. The van der Waals surface area contributed by atoms with Gasteiger partial charge >= 0.3 is 0 Å². The third kappa shape index (κ3) is 8.38. The molecule has 0 aliphatic carbocycles. The summed E-state index contributed by atoms with van der Waals surface area (Å²) in [5.74, 6) is 0.726. The van der Waals surface area contributed by atoms with E-state index in [4.69, 9.17) is 24.2 Å². The molecule has 45 heavy (non-hydrogen) atoms. The molecule has 0 aromatic heterocycles. The number of anilines is 1. The molecule has 3 aromatic rings. The molecule has 2 amide bonds. The molecule has 2 heterocycles. The smallest absolute Gasteiger partial charge is 0.243 e. The van der Waals surface area contributed by atoms with Gasteiger partial charge in [-0.3, -0.25) is 19.7 Å². The fourth-order valence-corrected chi connectivity index (χ4v) is 5.83. The second-order valence-electron chi connectivity index (χ2n) is 11.4. The summed E-state index contributed by atoms with van der Waals surface area (Å²) in [7, 11) is 3.30. The number of hydroxylamine groups is 1. The predicted octanol–water partition coefficient (Wildman–Crippen LogP) is 4.41. The zero-order valence-electron chi connectivity index (χ0n) is 25.7. The summed E-state index contributed by atoms with van der Waals surface area (Å²) in [6.45, 7) is 2.37. The van der Waals surface area contributed by atoms with E-state index in [-0.39, 0.29) is 37.6 Å². The van der Waals surface area contributed by atoms with E-state index in [2.05, 4.69) is 22.3 Å². The maximum Gasteiger partial charge on any atom is 0.243 e. The quantitative estimate of drug-likeness (QED) is 0.172. The lowest BCUT2D eigenvalue weighted by Gasteiger charge is -2.39. The van der Waals surface area contributed by atoms with Gasteiger partial charge in [0, 0.05) is 50.1 Å². The van der Waals surface area contributed by atoms with Gasteiger partial charge in [-0.05, 0) is 59.4 Å². The highest BCUT2D eigenvalue weighted by Crippen LogP contribution is 2.39. The van der Waals surface area contributed by atoms with Gasteiger partial charge < -0.3 is 29.4 Å². The second-order valence-corrected chi connectivity index (χ2v) is 11.4. The highest BCUT2D eigenvalue weighted by atomic mass is 16.7.